The van der Waals surface area contributed by atoms with Gasteiger partial charge in [0.1, 0.15) is 17.1 Å². The largest absolute Gasteiger partial charge is 0.497 e. The topological polar surface area (TPSA) is 108 Å². The predicted molar refractivity (Wildman–Crippen MR) is 128 cm³/mol. The van der Waals surface area contributed by atoms with E-state index in [-0.39, 0.29) is 11.5 Å². The number of rotatable bonds is 9. The summed E-state index contributed by atoms with van der Waals surface area (Å²) >= 11 is 0. The van der Waals surface area contributed by atoms with Crippen molar-refractivity contribution < 1.29 is 9.53 Å². The number of amides is 1. The third-order valence-electron chi connectivity index (χ3n) is 6.41. The normalized spacial score (nSPS) is 16.6. The van der Waals surface area contributed by atoms with Crippen LogP contribution in [0.4, 0.5) is 0 Å². The van der Waals surface area contributed by atoms with Gasteiger partial charge >= 0.3 is 0 Å². The average Bonchev–Trinajstić information content (AvgIpc) is 3.57. The van der Waals surface area contributed by atoms with Crippen molar-refractivity contribution in [3.05, 3.63) is 52.2 Å². The van der Waals surface area contributed by atoms with Crippen LogP contribution in [0.5, 0.6) is 5.75 Å². The van der Waals surface area contributed by atoms with Crippen LogP contribution in [0.2, 0.25) is 0 Å². The van der Waals surface area contributed by atoms with Crippen molar-refractivity contribution in [3.8, 4) is 5.75 Å². The highest BCUT2D eigenvalue weighted by atomic mass is 16.5. The van der Waals surface area contributed by atoms with Crippen LogP contribution in [0.15, 0.2) is 35.3 Å². The quantitative estimate of drug-likeness (QED) is 0.482. The minimum Gasteiger partial charge on any atom is -0.497 e. The van der Waals surface area contributed by atoms with E-state index in [4.69, 9.17) is 4.74 Å². The highest BCUT2D eigenvalue weighted by Crippen LogP contribution is 2.30. The number of hydrogen-bond donors (Lipinski definition) is 2. The zero-order valence-corrected chi connectivity index (χ0v) is 19.5. The maximum Gasteiger partial charge on any atom is 0.279 e. The summed E-state index contributed by atoms with van der Waals surface area (Å²) in [4.78, 5) is 37.4. The van der Waals surface area contributed by atoms with Crippen LogP contribution >= 0.6 is 0 Å². The van der Waals surface area contributed by atoms with Gasteiger partial charge in [0.15, 0.2) is 5.52 Å². The Balaban J connectivity index is 1.32. The van der Waals surface area contributed by atoms with Gasteiger partial charge in [-0.15, -0.1) is 0 Å². The summed E-state index contributed by atoms with van der Waals surface area (Å²) in [6, 6.07) is 7.73. The van der Waals surface area contributed by atoms with Crippen LogP contribution in [0.25, 0.3) is 11.0 Å². The van der Waals surface area contributed by atoms with Crippen LogP contribution in [-0.4, -0.2) is 81.8 Å². The molecule has 10 nitrogen and oxygen atoms in total. The fourth-order valence-corrected chi connectivity index (χ4v) is 4.30. The van der Waals surface area contributed by atoms with E-state index in [9.17, 15) is 9.59 Å². The summed E-state index contributed by atoms with van der Waals surface area (Å²) in [7, 11) is 1.63. The Morgan fingerprint density at radius 1 is 1.21 bits per heavy atom. The number of fused-ring (bicyclic) bond motifs is 1. The molecule has 2 aliphatic rings. The summed E-state index contributed by atoms with van der Waals surface area (Å²) in [6.07, 6.45) is 4.09. The maximum absolute atomic E-state index is 13.1. The van der Waals surface area contributed by atoms with E-state index in [2.05, 4.69) is 25.3 Å². The predicted octanol–water partition coefficient (Wildman–Crippen LogP) is 0.820. The van der Waals surface area contributed by atoms with Crippen molar-refractivity contribution in [2.24, 2.45) is 5.92 Å². The molecule has 2 aromatic heterocycles. The zero-order valence-electron chi connectivity index (χ0n) is 19.5. The lowest BCUT2D eigenvalue weighted by Crippen LogP contribution is -2.48. The van der Waals surface area contributed by atoms with Crippen molar-refractivity contribution in [3.63, 3.8) is 0 Å². The van der Waals surface area contributed by atoms with Gasteiger partial charge in [0.05, 0.1) is 32.9 Å². The summed E-state index contributed by atoms with van der Waals surface area (Å²) in [6.45, 7) is 5.49. The fraction of sp³-hybridized carbons (Fsp3) is 0.500. The summed E-state index contributed by atoms with van der Waals surface area (Å²) in [5.41, 5.74) is 1.60. The SMILES string of the molecule is COc1ccc(Cn2cc3nc(CN(CC4CC4)C(=O)CN4CCNCC4)[nH]c(=O)c3n2)cc1. The minimum atomic E-state index is -0.283. The Morgan fingerprint density at radius 2 is 1.97 bits per heavy atom. The number of aromatic nitrogens is 4. The number of aromatic amines is 1. The van der Waals surface area contributed by atoms with E-state index < -0.39 is 0 Å². The Kier molecular flexibility index (Phi) is 6.59. The van der Waals surface area contributed by atoms with Gasteiger partial charge in [0, 0.05) is 32.7 Å². The third kappa shape index (κ3) is 5.45. The van der Waals surface area contributed by atoms with Gasteiger partial charge in [0.25, 0.3) is 5.56 Å². The Bertz CT molecular complexity index is 1190. The molecule has 1 aliphatic carbocycles. The molecule has 2 fully saturated rings. The van der Waals surface area contributed by atoms with E-state index in [1.807, 2.05) is 29.2 Å². The lowest BCUT2D eigenvalue weighted by Gasteiger charge is -2.30. The van der Waals surface area contributed by atoms with Crippen molar-refractivity contribution in [1.82, 2.24) is 34.9 Å². The minimum absolute atomic E-state index is 0.0896. The van der Waals surface area contributed by atoms with Gasteiger partial charge in [-0.1, -0.05) is 12.1 Å². The van der Waals surface area contributed by atoms with E-state index in [1.54, 1.807) is 18.0 Å². The molecule has 34 heavy (non-hydrogen) atoms. The first-order chi connectivity index (χ1) is 16.6. The summed E-state index contributed by atoms with van der Waals surface area (Å²) in [5.74, 6) is 1.93. The molecule has 1 amide bonds. The first-order valence-corrected chi connectivity index (χ1v) is 11.9. The molecule has 1 saturated carbocycles. The molecule has 3 heterocycles. The second kappa shape index (κ2) is 9.94. The van der Waals surface area contributed by atoms with Crippen LogP contribution in [0.3, 0.4) is 0 Å². The standard InChI is InChI=1S/C24H31N7O3/c1-34-19-6-4-18(5-7-19)13-31-14-20-23(28-31)24(33)27-21(26-20)15-30(12-17-2-3-17)22(32)16-29-10-8-25-9-11-29/h4-7,14,17,25H,2-3,8-13,15-16H2,1H3,(H,26,27,33). The van der Waals surface area contributed by atoms with Crippen molar-refractivity contribution in [2.75, 3.05) is 46.4 Å². The molecule has 3 aromatic rings. The Hall–Kier alpha value is -3.24. The number of ether oxygens (including phenoxy) is 1. The van der Waals surface area contributed by atoms with Gasteiger partial charge in [0.2, 0.25) is 5.91 Å². The van der Waals surface area contributed by atoms with Gasteiger partial charge < -0.3 is 19.9 Å². The molecule has 0 atom stereocenters. The van der Waals surface area contributed by atoms with E-state index in [1.165, 1.54) is 0 Å². The molecular weight excluding hydrogens is 434 g/mol. The van der Waals surface area contributed by atoms with Crippen LogP contribution < -0.4 is 15.6 Å². The van der Waals surface area contributed by atoms with E-state index in [0.29, 0.717) is 49.0 Å². The van der Waals surface area contributed by atoms with Crippen LogP contribution in [-0.2, 0) is 17.9 Å². The van der Waals surface area contributed by atoms with E-state index >= 15 is 0 Å². The van der Waals surface area contributed by atoms with Gasteiger partial charge in [-0.2, -0.15) is 5.10 Å². The van der Waals surface area contributed by atoms with Crippen molar-refractivity contribution in [1.29, 1.82) is 0 Å². The number of carbonyl (C=O) groups is 1. The van der Waals surface area contributed by atoms with Gasteiger partial charge in [-0.3, -0.25) is 19.2 Å². The number of benzene rings is 1. The van der Waals surface area contributed by atoms with Crippen molar-refractivity contribution in [2.45, 2.75) is 25.9 Å². The molecule has 0 spiro atoms. The van der Waals surface area contributed by atoms with Crippen molar-refractivity contribution >= 4 is 16.9 Å². The highest BCUT2D eigenvalue weighted by molar-refractivity contribution is 5.78. The molecule has 1 aliphatic heterocycles. The Morgan fingerprint density at radius 3 is 2.68 bits per heavy atom. The number of hydrogen-bond acceptors (Lipinski definition) is 7. The molecule has 5 rings (SSSR count). The van der Waals surface area contributed by atoms with Gasteiger partial charge in [-0.25, -0.2) is 4.98 Å². The number of nitrogens with zero attached hydrogens (tertiary/aromatic N) is 5. The number of nitrogens with one attached hydrogen (secondary N) is 2. The first kappa shape index (κ1) is 22.5. The van der Waals surface area contributed by atoms with Crippen LogP contribution in [0, 0.1) is 5.92 Å². The third-order valence-corrected chi connectivity index (χ3v) is 6.41. The summed E-state index contributed by atoms with van der Waals surface area (Å²) < 4.78 is 6.92. The maximum atomic E-state index is 13.1. The number of H-pyrrole nitrogens is 1. The lowest BCUT2D eigenvalue weighted by atomic mass is 10.2. The lowest BCUT2D eigenvalue weighted by molar-refractivity contribution is -0.133. The molecule has 0 radical (unpaired) electrons. The smallest absolute Gasteiger partial charge is 0.279 e. The van der Waals surface area contributed by atoms with Crippen LogP contribution in [0.1, 0.15) is 24.2 Å². The number of methoxy groups -OCH3 is 1. The molecule has 0 bridgehead atoms. The second-order valence-electron chi connectivity index (χ2n) is 9.17. The number of piperazine rings is 1. The monoisotopic (exact) mass is 465 g/mol. The molecule has 1 saturated heterocycles. The number of carbonyl (C=O) groups excluding carboxylic acids is 1. The second-order valence-corrected chi connectivity index (χ2v) is 9.17. The fourth-order valence-electron chi connectivity index (χ4n) is 4.30. The summed E-state index contributed by atoms with van der Waals surface area (Å²) in [5, 5.41) is 7.74. The first-order valence-electron chi connectivity index (χ1n) is 11.9. The average molecular weight is 466 g/mol. The zero-order chi connectivity index (χ0) is 23.5. The molecule has 10 heteroatoms. The van der Waals surface area contributed by atoms with E-state index in [0.717, 1.165) is 50.3 Å². The molecule has 0 unspecified atom stereocenters. The molecular formula is C24H31N7O3. The molecule has 2 N–H and O–H groups in total. The molecule has 1 aromatic carbocycles. The highest BCUT2D eigenvalue weighted by Gasteiger charge is 2.28. The van der Waals surface area contributed by atoms with Gasteiger partial charge in [-0.05, 0) is 36.5 Å². The Labute approximate surface area is 197 Å². The molecule has 180 valence electrons.